The monoisotopic (exact) mass is 302 g/mol. The Morgan fingerprint density at radius 2 is 2.27 bits per heavy atom. The zero-order chi connectivity index (χ0) is 10.8. The van der Waals surface area contributed by atoms with Gasteiger partial charge in [-0.05, 0) is 18.2 Å². The molecule has 2 rings (SSSR count). The molecule has 1 aromatic heterocycles. The lowest BCUT2D eigenvalue weighted by Crippen LogP contribution is -1.83. The van der Waals surface area contributed by atoms with Crippen molar-refractivity contribution in [3.63, 3.8) is 0 Å². The number of halogens is 2. The molecule has 1 N–H and O–H groups in total. The number of hydrogen-bond acceptors (Lipinski definition) is 3. The molecule has 0 aliphatic rings. The van der Waals surface area contributed by atoms with Gasteiger partial charge in [-0.1, -0.05) is 38.9 Å². The summed E-state index contributed by atoms with van der Waals surface area (Å²) in [6, 6.07) is 5.73. The van der Waals surface area contributed by atoms with Gasteiger partial charge in [0.05, 0.1) is 4.88 Å². The van der Waals surface area contributed by atoms with Crippen LogP contribution in [0.1, 0.15) is 0 Å². The molecular formula is C10H8BrClN2S. The topological polar surface area (TPSA) is 24.9 Å². The third kappa shape index (κ3) is 2.33. The molecule has 1 heterocycles. The van der Waals surface area contributed by atoms with Crippen molar-refractivity contribution in [1.29, 1.82) is 0 Å². The second kappa shape index (κ2) is 4.51. The molecular weight excluding hydrogens is 296 g/mol. The van der Waals surface area contributed by atoms with Gasteiger partial charge in [0.25, 0.3) is 0 Å². The SMILES string of the molecule is CNc1ncc(-c2cc(Cl)ccc2Br)s1. The Labute approximate surface area is 105 Å². The molecule has 5 heteroatoms. The van der Waals surface area contributed by atoms with E-state index < -0.39 is 0 Å². The van der Waals surface area contributed by atoms with E-state index in [0.29, 0.717) is 0 Å². The summed E-state index contributed by atoms with van der Waals surface area (Å²) in [5, 5.41) is 4.64. The fourth-order valence-electron chi connectivity index (χ4n) is 1.20. The van der Waals surface area contributed by atoms with Gasteiger partial charge in [-0.3, -0.25) is 0 Å². The average molecular weight is 304 g/mol. The van der Waals surface area contributed by atoms with E-state index in [0.717, 1.165) is 25.1 Å². The Hall–Kier alpha value is -0.580. The maximum absolute atomic E-state index is 5.96. The van der Waals surface area contributed by atoms with E-state index in [4.69, 9.17) is 11.6 Å². The molecule has 15 heavy (non-hydrogen) atoms. The fourth-order valence-corrected chi connectivity index (χ4v) is 2.76. The summed E-state index contributed by atoms with van der Waals surface area (Å²) in [7, 11) is 1.86. The van der Waals surface area contributed by atoms with Gasteiger partial charge < -0.3 is 5.32 Å². The standard InChI is InChI=1S/C10H8BrClN2S/c1-13-10-14-5-9(15-10)7-4-6(12)2-3-8(7)11/h2-5H,1H3,(H,13,14). The van der Waals surface area contributed by atoms with Gasteiger partial charge >= 0.3 is 0 Å². The summed E-state index contributed by atoms with van der Waals surface area (Å²) in [5.41, 5.74) is 1.07. The lowest BCUT2D eigenvalue weighted by Gasteiger charge is -2.01. The predicted molar refractivity (Wildman–Crippen MR) is 69.8 cm³/mol. The Morgan fingerprint density at radius 3 is 2.93 bits per heavy atom. The zero-order valence-corrected chi connectivity index (χ0v) is 11.1. The van der Waals surface area contributed by atoms with Crippen LogP contribution in [0.5, 0.6) is 0 Å². The highest BCUT2D eigenvalue weighted by Crippen LogP contribution is 2.35. The van der Waals surface area contributed by atoms with Crippen molar-refractivity contribution in [3.8, 4) is 10.4 Å². The number of benzene rings is 1. The molecule has 0 aliphatic heterocycles. The lowest BCUT2D eigenvalue weighted by atomic mass is 10.2. The quantitative estimate of drug-likeness (QED) is 0.896. The van der Waals surface area contributed by atoms with Gasteiger partial charge in [0.2, 0.25) is 0 Å². The smallest absolute Gasteiger partial charge is 0.182 e. The highest BCUT2D eigenvalue weighted by Gasteiger charge is 2.07. The van der Waals surface area contributed by atoms with E-state index in [9.17, 15) is 0 Å². The van der Waals surface area contributed by atoms with Gasteiger partial charge in [0, 0.05) is 28.3 Å². The van der Waals surface area contributed by atoms with Crippen molar-refractivity contribution in [2.45, 2.75) is 0 Å². The minimum atomic E-state index is 0.729. The zero-order valence-electron chi connectivity index (χ0n) is 7.92. The van der Waals surface area contributed by atoms with Crippen LogP contribution in [-0.4, -0.2) is 12.0 Å². The Kier molecular flexibility index (Phi) is 3.29. The van der Waals surface area contributed by atoms with Crippen LogP contribution < -0.4 is 5.32 Å². The van der Waals surface area contributed by atoms with E-state index in [1.807, 2.05) is 31.4 Å². The first-order chi connectivity index (χ1) is 7.20. The second-order valence-electron chi connectivity index (χ2n) is 2.90. The molecule has 0 radical (unpaired) electrons. The first-order valence-electron chi connectivity index (χ1n) is 4.29. The molecule has 0 saturated carbocycles. The number of nitrogens with zero attached hydrogens (tertiary/aromatic N) is 1. The van der Waals surface area contributed by atoms with E-state index >= 15 is 0 Å². The predicted octanol–water partition coefficient (Wildman–Crippen LogP) is 4.27. The average Bonchev–Trinajstić information content (AvgIpc) is 2.70. The van der Waals surface area contributed by atoms with E-state index in [1.54, 1.807) is 11.3 Å². The molecule has 2 aromatic rings. The molecule has 0 atom stereocenters. The van der Waals surface area contributed by atoms with Crippen LogP contribution in [-0.2, 0) is 0 Å². The van der Waals surface area contributed by atoms with Gasteiger partial charge in [0.15, 0.2) is 5.13 Å². The van der Waals surface area contributed by atoms with E-state index in [2.05, 4.69) is 26.2 Å². The summed E-state index contributed by atoms with van der Waals surface area (Å²) in [6.07, 6.45) is 1.84. The minimum absolute atomic E-state index is 0.729. The number of anilines is 1. The molecule has 0 aliphatic carbocycles. The molecule has 0 bridgehead atoms. The van der Waals surface area contributed by atoms with Gasteiger partial charge in [-0.25, -0.2) is 4.98 Å². The van der Waals surface area contributed by atoms with E-state index in [-0.39, 0.29) is 0 Å². The Morgan fingerprint density at radius 1 is 1.47 bits per heavy atom. The minimum Gasteiger partial charge on any atom is -0.365 e. The van der Waals surface area contributed by atoms with Crippen molar-refractivity contribution in [3.05, 3.63) is 33.9 Å². The first-order valence-corrected chi connectivity index (χ1v) is 6.28. The van der Waals surface area contributed by atoms with Crippen molar-refractivity contribution >= 4 is 44.0 Å². The van der Waals surface area contributed by atoms with Crippen molar-refractivity contribution in [2.24, 2.45) is 0 Å². The maximum atomic E-state index is 5.96. The highest BCUT2D eigenvalue weighted by atomic mass is 79.9. The maximum Gasteiger partial charge on any atom is 0.182 e. The van der Waals surface area contributed by atoms with Crippen LogP contribution in [0.3, 0.4) is 0 Å². The number of nitrogens with one attached hydrogen (secondary N) is 1. The molecule has 0 amide bonds. The van der Waals surface area contributed by atoms with Crippen LogP contribution in [0.25, 0.3) is 10.4 Å². The highest BCUT2D eigenvalue weighted by molar-refractivity contribution is 9.10. The molecule has 2 nitrogen and oxygen atoms in total. The summed E-state index contributed by atoms with van der Waals surface area (Å²) in [5.74, 6) is 0. The summed E-state index contributed by atoms with van der Waals surface area (Å²) in [6.45, 7) is 0. The van der Waals surface area contributed by atoms with Gasteiger partial charge in [-0.2, -0.15) is 0 Å². The van der Waals surface area contributed by atoms with Gasteiger partial charge in [-0.15, -0.1) is 0 Å². The van der Waals surface area contributed by atoms with Crippen LogP contribution in [0.4, 0.5) is 5.13 Å². The third-order valence-corrected chi connectivity index (χ3v) is 3.89. The third-order valence-electron chi connectivity index (χ3n) is 1.91. The normalized spacial score (nSPS) is 10.3. The number of rotatable bonds is 2. The first kappa shape index (κ1) is 10.9. The molecule has 0 fully saturated rings. The second-order valence-corrected chi connectivity index (χ2v) is 5.23. The van der Waals surface area contributed by atoms with Crippen LogP contribution >= 0.6 is 38.9 Å². The summed E-state index contributed by atoms with van der Waals surface area (Å²) < 4.78 is 1.03. The summed E-state index contributed by atoms with van der Waals surface area (Å²) in [4.78, 5) is 5.32. The lowest BCUT2D eigenvalue weighted by molar-refractivity contribution is 1.37. The van der Waals surface area contributed by atoms with Crippen LogP contribution in [0.2, 0.25) is 5.02 Å². The van der Waals surface area contributed by atoms with Crippen LogP contribution in [0, 0.1) is 0 Å². The number of hydrogen-bond donors (Lipinski definition) is 1. The molecule has 0 unspecified atom stereocenters. The summed E-state index contributed by atoms with van der Waals surface area (Å²) >= 11 is 11.1. The van der Waals surface area contributed by atoms with Crippen LogP contribution in [0.15, 0.2) is 28.9 Å². The molecule has 0 saturated heterocycles. The van der Waals surface area contributed by atoms with Crippen molar-refractivity contribution in [2.75, 3.05) is 12.4 Å². The fraction of sp³-hybridized carbons (Fsp3) is 0.100. The number of aromatic nitrogens is 1. The van der Waals surface area contributed by atoms with Crippen molar-refractivity contribution in [1.82, 2.24) is 4.98 Å². The Bertz CT molecular complexity index is 484. The van der Waals surface area contributed by atoms with Crippen molar-refractivity contribution < 1.29 is 0 Å². The molecule has 78 valence electrons. The number of thiazole rings is 1. The largest absolute Gasteiger partial charge is 0.365 e. The molecule has 1 aromatic carbocycles. The molecule has 0 spiro atoms. The van der Waals surface area contributed by atoms with E-state index in [1.165, 1.54) is 0 Å². The Balaban J connectivity index is 2.48. The van der Waals surface area contributed by atoms with Gasteiger partial charge in [0.1, 0.15) is 0 Å².